The standard InChI is InChI=1S/C14H18N6/c1-15-13-17-12(11-7-3-4-8-16-11)18-14(19-13)20-9-5-2-6-10-20/h3-4,7-8H,2,5-6,9-10H2,1H3,(H,15,17,18,19). The third kappa shape index (κ3) is 2.68. The Kier molecular flexibility index (Phi) is 3.71. The van der Waals surface area contributed by atoms with E-state index < -0.39 is 0 Å². The van der Waals surface area contributed by atoms with E-state index in [-0.39, 0.29) is 0 Å². The Morgan fingerprint density at radius 2 is 1.90 bits per heavy atom. The molecular formula is C14H18N6. The van der Waals surface area contributed by atoms with Gasteiger partial charge in [0.1, 0.15) is 5.69 Å². The molecule has 2 aromatic heterocycles. The van der Waals surface area contributed by atoms with Crippen molar-refractivity contribution >= 4 is 11.9 Å². The zero-order valence-corrected chi connectivity index (χ0v) is 11.6. The zero-order chi connectivity index (χ0) is 13.8. The van der Waals surface area contributed by atoms with Crippen LogP contribution in [0.4, 0.5) is 11.9 Å². The lowest BCUT2D eigenvalue weighted by molar-refractivity contribution is 0.568. The van der Waals surface area contributed by atoms with Gasteiger partial charge in [0.25, 0.3) is 0 Å². The molecule has 3 rings (SSSR count). The molecule has 0 bridgehead atoms. The van der Waals surface area contributed by atoms with Gasteiger partial charge < -0.3 is 10.2 Å². The van der Waals surface area contributed by atoms with Gasteiger partial charge in [-0.05, 0) is 31.4 Å². The lowest BCUT2D eigenvalue weighted by Gasteiger charge is -2.26. The van der Waals surface area contributed by atoms with Crippen LogP contribution in [0.5, 0.6) is 0 Å². The number of pyridine rings is 1. The average molecular weight is 270 g/mol. The summed E-state index contributed by atoms with van der Waals surface area (Å²) in [5.74, 6) is 1.94. The Balaban J connectivity index is 1.98. The van der Waals surface area contributed by atoms with Gasteiger partial charge in [-0.1, -0.05) is 6.07 Å². The molecule has 1 fully saturated rings. The first-order valence-electron chi connectivity index (χ1n) is 6.97. The molecule has 20 heavy (non-hydrogen) atoms. The molecule has 1 aliphatic rings. The van der Waals surface area contributed by atoms with Crippen LogP contribution in [0, 0.1) is 0 Å². The Morgan fingerprint density at radius 1 is 1.05 bits per heavy atom. The van der Waals surface area contributed by atoms with Crippen LogP contribution in [0.25, 0.3) is 11.5 Å². The van der Waals surface area contributed by atoms with Crippen molar-refractivity contribution in [2.24, 2.45) is 0 Å². The quantitative estimate of drug-likeness (QED) is 0.919. The summed E-state index contributed by atoms with van der Waals surface area (Å²) in [7, 11) is 1.82. The van der Waals surface area contributed by atoms with E-state index in [1.165, 1.54) is 19.3 Å². The largest absolute Gasteiger partial charge is 0.357 e. The molecule has 0 saturated carbocycles. The van der Waals surface area contributed by atoms with E-state index >= 15 is 0 Å². The maximum absolute atomic E-state index is 4.58. The molecule has 1 saturated heterocycles. The Labute approximate surface area is 118 Å². The summed E-state index contributed by atoms with van der Waals surface area (Å²) in [6.07, 6.45) is 5.42. The number of hydrogen-bond donors (Lipinski definition) is 1. The SMILES string of the molecule is CNc1nc(-c2ccccn2)nc(N2CCCCC2)n1. The second-order valence-electron chi connectivity index (χ2n) is 4.80. The van der Waals surface area contributed by atoms with Crippen molar-refractivity contribution in [3.05, 3.63) is 24.4 Å². The van der Waals surface area contributed by atoms with E-state index in [2.05, 4.69) is 30.2 Å². The zero-order valence-electron chi connectivity index (χ0n) is 11.6. The number of rotatable bonds is 3. The average Bonchev–Trinajstić information content (AvgIpc) is 2.56. The fourth-order valence-corrected chi connectivity index (χ4v) is 2.32. The molecule has 104 valence electrons. The molecule has 0 unspecified atom stereocenters. The van der Waals surface area contributed by atoms with Crippen molar-refractivity contribution in [1.29, 1.82) is 0 Å². The van der Waals surface area contributed by atoms with Gasteiger partial charge in [0, 0.05) is 26.3 Å². The summed E-state index contributed by atoms with van der Waals surface area (Å²) in [4.78, 5) is 20.0. The highest BCUT2D eigenvalue weighted by Gasteiger charge is 2.16. The van der Waals surface area contributed by atoms with Gasteiger partial charge in [-0.3, -0.25) is 4.98 Å². The first-order chi connectivity index (χ1) is 9.86. The Hall–Kier alpha value is -2.24. The highest BCUT2D eigenvalue weighted by molar-refractivity contribution is 5.53. The third-order valence-corrected chi connectivity index (χ3v) is 3.38. The molecule has 0 atom stereocenters. The highest BCUT2D eigenvalue weighted by Crippen LogP contribution is 2.20. The van der Waals surface area contributed by atoms with Crippen molar-refractivity contribution in [2.45, 2.75) is 19.3 Å². The van der Waals surface area contributed by atoms with Crippen LogP contribution in [-0.4, -0.2) is 40.1 Å². The van der Waals surface area contributed by atoms with Crippen molar-refractivity contribution in [2.75, 3.05) is 30.4 Å². The molecule has 1 aliphatic heterocycles. The predicted molar refractivity (Wildman–Crippen MR) is 78.7 cm³/mol. The molecule has 0 aromatic carbocycles. The fourth-order valence-electron chi connectivity index (χ4n) is 2.32. The molecule has 3 heterocycles. The minimum absolute atomic E-state index is 0.584. The van der Waals surface area contributed by atoms with Gasteiger partial charge in [0.15, 0.2) is 5.82 Å². The van der Waals surface area contributed by atoms with Crippen LogP contribution in [0.2, 0.25) is 0 Å². The molecule has 6 heteroatoms. The maximum atomic E-state index is 4.58. The van der Waals surface area contributed by atoms with Gasteiger partial charge >= 0.3 is 0 Å². The van der Waals surface area contributed by atoms with Gasteiger partial charge in [-0.15, -0.1) is 0 Å². The summed E-state index contributed by atoms with van der Waals surface area (Å²) < 4.78 is 0. The first kappa shape index (κ1) is 12.8. The van der Waals surface area contributed by atoms with Crippen molar-refractivity contribution in [3.8, 4) is 11.5 Å². The van der Waals surface area contributed by atoms with Crippen LogP contribution in [0.1, 0.15) is 19.3 Å². The van der Waals surface area contributed by atoms with E-state index in [0.717, 1.165) is 24.7 Å². The van der Waals surface area contributed by atoms with Gasteiger partial charge in [-0.25, -0.2) is 0 Å². The third-order valence-electron chi connectivity index (χ3n) is 3.38. The van der Waals surface area contributed by atoms with Crippen molar-refractivity contribution < 1.29 is 0 Å². The fraction of sp³-hybridized carbons (Fsp3) is 0.429. The van der Waals surface area contributed by atoms with Crippen LogP contribution >= 0.6 is 0 Å². The predicted octanol–water partition coefficient (Wildman–Crippen LogP) is 1.97. The van der Waals surface area contributed by atoms with Crippen LogP contribution in [-0.2, 0) is 0 Å². The molecule has 6 nitrogen and oxygen atoms in total. The van der Waals surface area contributed by atoms with E-state index in [1.807, 2.05) is 25.2 Å². The molecule has 2 aromatic rings. The number of aromatic nitrogens is 4. The number of piperidine rings is 1. The molecule has 0 spiro atoms. The van der Waals surface area contributed by atoms with Crippen LogP contribution in [0.15, 0.2) is 24.4 Å². The van der Waals surface area contributed by atoms with Crippen molar-refractivity contribution in [3.63, 3.8) is 0 Å². The molecule has 1 N–H and O–H groups in total. The normalized spacial score (nSPS) is 15.2. The first-order valence-corrected chi connectivity index (χ1v) is 6.97. The van der Waals surface area contributed by atoms with Gasteiger partial charge in [0.2, 0.25) is 11.9 Å². The topological polar surface area (TPSA) is 66.8 Å². The number of nitrogens with one attached hydrogen (secondary N) is 1. The second-order valence-corrected chi connectivity index (χ2v) is 4.80. The highest BCUT2D eigenvalue weighted by atomic mass is 15.3. The lowest BCUT2D eigenvalue weighted by Crippen LogP contribution is -2.31. The second kappa shape index (κ2) is 5.81. The Bertz CT molecular complexity index is 565. The van der Waals surface area contributed by atoms with Crippen LogP contribution < -0.4 is 10.2 Å². The van der Waals surface area contributed by atoms with Gasteiger partial charge in [0.05, 0.1) is 0 Å². The smallest absolute Gasteiger partial charge is 0.230 e. The van der Waals surface area contributed by atoms with Crippen LogP contribution in [0.3, 0.4) is 0 Å². The number of anilines is 2. The minimum atomic E-state index is 0.584. The van der Waals surface area contributed by atoms with E-state index in [1.54, 1.807) is 6.20 Å². The van der Waals surface area contributed by atoms with E-state index in [0.29, 0.717) is 11.8 Å². The van der Waals surface area contributed by atoms with Gasteiger partial charge in [-0.2, -0.15) is 15.0 Å². The minimum Gasteiger partial charge on any atom is -0.357 e. The van der Waals surface area contributed by atoms with Crippen molar-refractivity contribution in [1.82, 2.24) is 19.9 Å². The summed E-state index contributed by atoms with van der Waals surface area (Å²) in [6, 6.07) is 5.73. The molecular weight excluding hydrogens is 252 g/mol. The monoisotopic (exact) mass is 270 g/mol. The Morgan fingerprint density at radius 3 is 2.60 bits per heavy atom. The summed E-state index contributed by atoms with van der Waals surface area (Å²) in [5.41, 5.74) is 0.768. The number of nitrogens with zero attached hydrogens (tertiary/aromatic N) is 5. The molecule has 0 aliphatic carbocycles. The lowest BCUT2D eigenvalue weighted by atomic mass is 10.1. The molecule has 0 radical (unpaired) electrons. The number of hydrogen-bond acceptors (Lipinski definition) is 6. The molecule has 0 amide bonds. The summed E-state index contributed by atoms with van der Waals surface area (Å²) in [5, 5.41) is 3.00. The summed E-state index contributed by atoms with van der Waals surface area (Å²) >= 11 is 0. The summed E-state index contributed by atoms with van der Waals surface area (Å²) in [6.45, 7) is 2.02. The maximum Gasteiger partial charge on any atom is 0.230 e. The van der Waals surface area contributed by atoms with E-state index in [4.69, 9.17) is 0 Å². The van der Waals surface area contributed by atoms with E-state index in [9.17, 15) is 0 Å².